The van der Waals surface area contributed by atoms with Crippen molar-refractivity contribution in [2.75, 3.05) is 49.2 Å². The fourth-order valence-corrected chi connectivity index (χ4v) is 6.81. The Balaban J connectivity index is 0.925. The van der Waals surface area contributed by atoms with E-state index in [0.717, 1.165) is 55.4 Å². The van der Waals surface area contributed by atoms with Crippen molar-refractivity contribution in [1.29, 1.82) is 0 Å². The fourth-order valence-electron chi connectivity index (χ4n) is 6.26. The van der Waals surface area contributed by atoms with E-state index in [4.69, 9.17) is 37.4 Å². The molecule has 0 saturated carbocycles. The zero-order valence-electron chi connectivity index (χ0n) is 27.4. The standard InChI is InChI=1S/C35H38Cl2N8O4/c1-3-25(2)45-34(46)44(24-40-45)29-7-5-27(6-8-29)42-14-16-43(17-15-42)28-9-11-30(12-10-28)47-19-31-20-48-35(49-31,21-41-22-38-39-23-41)32-13-4-26(36)18-33(32)37/h4-13,18,22-25,31H,3,14-17,19-21H2,1-2H3/t25-,31-,35-/m0/s1. The molecule has 14 heteroatoms. The molecule has 49 heavy (non-hydrogen) atoms. The van der Waals surface area contributed by atoms with E-state index in [9.17, 15) is 4.79 Å². The molecule has 0 N–H and O–H groups in total. The summed E-state index contributed by atoms with van der Waals surface area (Å²) in [5, 5.41) is 13.1. The minimum Gasteiger partial charge on any atom is -0.491 e. The van der Waals surface area contributed by atoms with Crippen LogP contribution in [0.2, 0.25) is 10.0 Å². The van der Waals surface area contributed by atoms with Crippen LogP contribution >= 0.6 is 23.2 Å². The van der Waals surface area contributed by atoms with Gasteiger partial charge in [0.1, 0.15) is 37.4 Å². The van der Waals surface area contributed by atoms with Crippen molar-refractivity contribution in [2.45, 2.75) is 44.7 Å². The highest BCUT2D eigenvalue weighted by Gasteiger charge is 2.45. The number of rotatable bonds is 11. The maximum absolute atomic E-state index is 12.8. The second-order valence-electron chi connectivity index (χ2n) is 12.3. The second kappa shape index (κ2) is 14.2. The molecule has 3 atom stereocenters. The van der Waals surface area contributed by atoms with Crippen LogP contribution < -0.4 is 20.2 Å². The molecule has 7 rings (SSSR count). The lowest BCUT2D eigenvalue weighted by Gasteiger charge is -2.37. The largest absolute Gasteiger partial charge is 0.491 e. The van der Waals surface area contributed by atoms with Crippen LogP contribution in [0.25, 0.3) is 5.69 Å². The Labute approximate surface area is 294 Å². The molecule has 2 fully saturated rings. The van der Waals surface area contributed by atoms with Gasteiger partial charge in [-0.15, -0.1) is 10.2 Å². The number of ether oxygens (including phenoxy) is 3. The summed E-state index contributed by atoms with van der Waals surface area (Å²) in [4.78, 5) is 17.5. The van der Waals surface area contributed by atoms with Gasteiger partial charge >= 0.3 is 5.69 Å². The van der Waals surface area contributed by atoms with Crippen molar-refractivity contribution in [2.24, 2.45) is 0 Å². The van der Waals surface area contributed by atoms with Crippen LogP contribution in [-0.2, 0) is 21.8 Å². The Hall–Kier alpha value is -4.36. The van der Waals surface area contributed by atoms with Crippen LogP contribution in [0.4, 0.5) is 11.4 Å². The molecular weight excluding hydrogens is 667 g/mol. The summed E-state index contributed by atoms with van der Waals surface area (Å²) in [6.45, 7) is 8.54. The van der Waals surface area contributed by atoms with E-state index in [-0.39, 0.29) is 17.8 Å². The molecule has 5 aromatic rings. The van der Waals surface area contributed by atoms with Crippen LogP contribution in [0, 0.1) is 0 Å². The maximum Gasteiger partial charge on any atom is 0.350 e. The van der Waals surface area contributed by atoms with Gasteiger partial charge in [-0.1, -0.05) is 36.2 Å². The summed E-state index contributed by atoms with van der Waals surface area (Å²) >= 11 is 12.7. The van der Waals surface area contributed by atoms with E-state index in [0.29, 0.717) is 35.4 Å². The average molecular weight is 706 g/mol. The Bertz CT molecular complexity index is 1910. The van der Waals surface area contributed by atoms with Crippen LogP contribution in [0.1, 0.15) is 31.9 Å². The first-order chi connectivity index (χ1) is 23.8. The first kappa shape index (κ1) is 33.2. The smallest absolute Gasteiger partial charge is 0.350 e. The highest BCUT2D eigenvalue weighted by atomic mass is 35.5. The second-order valence-corrected chi connectivity index (χ2v) is 13.2. The molecule has 12 nitrogen and oxygen atoms in total. The highest BCUT2D eigenvalue weighted by Crippen LogP contribution is 2.40. The van der Waals surface area contributed by atoms with Gasteiger partial charge in [-0.05, 0) is 74.0 Å². The number of anilines is 2. The van der Waals surface area contributed by atoms with Gasteiger partial charge in [0.15, 0.2) is 0 Å². The molecule has 0 aliphatic carbocycles. The number of nitrogens with zero attached hydrogens (tertiary/aromatic N) is 8. The van der Waals surface area contributed by atoms with Gasteiger partial charge in [0.25, 0.3) is 0 Å². The summed E-state index contributed by atoms with van der Waals surface area (Å²) < 4.78 is 23.8. The molecule has 2 aliphatic rings. The fraction of sp³-hybridized carbons (Fsp3) is 0.371. The van der Waals surface area contributed by atoms with E-state index in [1.165, 1.54) is 4.68 Å². The van der Waals surface area contributed by atoms with Gasteiger partial charge in [0, 0.05) is 48.1 Å². The summed E-state index contributed by atoms with van der Waals surface area (Å²) in [6, 6.07) is 21.6. The lowest BCUT2D eigenvalue weighted by molar-refractivity contribution is -0.189. The zero-order chi connectivity index (χ0) is 34.0. The summed E-state index contributed by atoms with van der Waals surface area (Å²) in [5.41, 5.74) is 3.66. The first-order valence-electron chi connectivity index (χ1n) is 16.4. The lowest BCUT2D eigenvalue weighted by atomic mass is 10.1. The average Bonchev–Trinajstić information content (AvgIpc) is 3.88. The van der Waals surface area contributed by atoms with Gasteiger partial charge in [0.2, 0.25) is 5.79 Å². The topological polar surface area (TPSA) is 105 Å². The predicted octanol–water partition coefficient (Wildman–Crippen LogP) is 5.58. The van der Waals surface area contributed by atoms with Crippen molar-refractivity contribution >= 4 is 34.6 Å². The quantitative estimate of drug-likeness (QED) is 0.174. The number of hydrogen-bond donors (Lipinski definition) is 0. The normalized spacial score (nSPS) is 20.1. The van der Waals surface area contributed by atoms with E-state index >= 15 is 0 Å². The maximum atomic E-state index is 12.8. The molecule has 2 aromatic heterocycles. The molecular formula is C35H38Cl2N8O4. The highest BCUT2D eigenvalue weighted by molar-refractivity contribution is 6.35. The molecule has 0 unspecified atom stereocenters. The molecule has 2 aliphatic heterocycles. The van der Waals surface area contributed by atoms with Crippen molar-refractivity contribution in [3.8, 4) is 11.4 Å². The molecule has 0 amide bonds. The first-order valence-corrected chi connectivity index (χ1v) is 17.2. The Morgan fingerprint density at radius 1 is 0.898 bits per heavy atom. The number of aromatic nitrogens is 6. The number of hydrogen-bond acceptors (Lipinski definition) is 9. The van der Waals surface area contributed by atoms with Gasteiger partial charge in [-0.2, -0.15) is 5.10 Å². The summed E-state index contributed by atoms with van der Waals surface area (Å²) in [6.07, 6.45) is 5.34. The van der Waals surface area contributed by atoms with E-state index in [2.05, 4.69) is 49.4 Å². The Morgan fingerprint density at radius 2 is 1.53 bits per heavy atom. The molecule has 0 spiro atoms. The zero-order valence-corrected chi connectivity index (χ0v) is 28.9. The monoisotopic (exact) mass is 704 g/mol. The van der Waals surface area contributed by atoms with Crippen molar-refractivity contribution in [3.05, 3.63) is 112 Å². The minimum absolute atomic E-state index is 0.0646. The molecule has 0 bridgehead atoms. The Morgan fingerprint density at radius 3 is 2.16 bits per heavy atom. The number of piperazine rings is 1. The lowest BCUT2D eigenvalue weighted by Crippen LogP contribution is -2.46. The number of benzene rings is 3. The molecule has 2 saturated heterocycles. The van der Waals surface area contributed by atoms with E-state index < -0.39 is 5.79 Å². The minimum atomic E-state index is -1.14. The van der Waals surface area contributed by atoms with Crippen LogP contribution in [-0.4, -0.2) is 74.6 Å². The molecule has 0 radical (unpaired) electrons. The summed E-state index contributed by atoms with van der Waals surface area (Å²) in [7, 11) is 0. The third-order valence-corrected chi connectivity index (χ3v) is 9.72. The predicted molar refractivity (Wildman–Crippen MR) is 188 cm³/mol. The molecule has 256 valence electrons. The van der Waals surface area contributed by atoms with Crippen molar-refractivity contribution in [3.63, 3.8) is 0 Å². The van der Waals surface area contributed by atoms with Crippen molar-refractivity contribution in [1.82, 2.24) is 29.1 Å². The van der Waals surface area contributed by atoms with Gasteiger partial charge in [-0.25, -0.2) is 14.0 Å². The third kappa shape index (κ3) is 7.04. The van der Waals surface area contributed by atoms with Crippen LogP contribution in [0.15, 0.2) is 90.5 Å². The SMILES string of the molecule is CC[C@H](C)n1ncn(-c2ccc(N3CCN(c4ccc(OC[C@H]5CO[C@](Cn6cnnc6)(c6ccc(Cl)cc6Cl)O5)cc4)CC3)cc2)c1=O. The van der Waals surface area contributed by atoms with Crippen LogP contribution in [0.5, 0.6) is 5.75 Å². The van der Waals surface area contributed by atoms with Crippen molar-refractivity contribution < 1.29 is 14.2 Å². The van der Waals surface area contributed by atoms with Gasteiger partial charge in [-0.3, -0.25) is 0 Å². The van der Waals surface area contributed by atoms with Gasteiger partial charge in [0.05, 0.1) is 29.9 Å². The van der Waals surface area contributed by atoms with Gasteiger partial charge < -0.3 is 28.6 Å². The molecule has 4 heterocycles. The van der Waals surface area contributed by atoms with E-state index in [1.807, 2.05) is 44.2 Å². The van der Waals surface area contributed by atoms with E-state index in [1.54, 1.807) is 40.2 Å². The summed E-state index contributed by atoms with van der Waals surface area (Å²) in [5.74, 6) is -0.385. The van der Waals surface area contributed by atoms with Crippen LogP contribution in [0.3, 0.4) is 0 Å². The Kier molecular flexibility index (Phi) is 9.64. The number of halogens is 2. The molecule has 3 aromatic carbocycles. The third-order valence-electron chi connectivity index (χ3n) is 9.17.